The molecule has 0 saturated heterocycles. The predicted molar refractivity (Wildman–Crippen MR) is 70.8 cm³/mol. The van der Waals surface area contributed by atoms with Crippen LogP contribution in [0.1, 0.15) is 0 Å². The molecule has 6 nitrogen and oxygen atoms in total. The van der Waals surface area contributed by atoms with Gasteiger partial charge in [0.2, 0.25) is 5.28 Å². The lowest BCUT2D eigenvalue weighted by molar-refractivity contribution is 0.417. The average Bonchev–Trinajstić information content (AvgIpc) is 2.39. The van der Waals surface area contributed by atoms with Crippen molar-refractivity contribution in [2.45, 2.75) is 4.90 Å². The summed E-state index contributed by atoms with van der Waals surface area (Å²) in [6, 6.07) is 6.67. The molecule has 0 radical (unpaired) electrons. The highest BCUT2D eigenvalue weighted by atomic mass is 35.5. The van der Waals surface area contributed by atoms with Crippen LogP contribution in [0.5, 0.6) is 5.75 Å². The largest absolute Gasteiger partial charge is 0.495 e. The smallest absolute Gasteiger partial charge is 0.265 e. The Hall–Kier alpha value is -1.86. The third-order valence-electron chi connectivity index (χ3n) is 2.26. The van der Waals surface area contributed by atoms with Gasteiger partial charge in [0, 0.05) is 0 Å². The van der Waals surface area contributed by atoms with E-state index in [-0.39, 0.29) is 10.2 Å². The molecule has 8 heteroatoms. The van der Waals surface area contributed by atoms with Crippen LogP contribution in [0.2, 0.25) is 5.28 Å². The van der Waals surface area contributed by atoms with Crippen molar-refractivity contribution in [2.24, 2.45) is 0 Å². The molecular formula is C11H10ClN3O3S. The third-order valence-corrected chi connectivity index (χ3v) is 3.77. The molecule has 0 bridgehead atoms. The lowest BCUT2D eigenvalue weighted by atomic mass is 10.3. The number of ether oxygens (including phenoxy) is 1. The summed E-state index contributed by atoms with van der Waals surface area (Å²) in [5.41, 5.74) is 0.333. The minimum absolute atomic E-state index is 0.0174. The summed E-state index contributed by atoms with van der Waals surface area (Å²) in [4.78, 5) is 7.19. The Balaban J connectivity index is 2.34. The van der Waals surface area contributed by atoms with Gasteiger partial charge in [0.1, 0.15) is 10.6 Å². The van der Waals surface area contributed by atoms with E-state index in [1.807, 2.05) is 0 Å². The van der Waals surface area contributed by atoms with E-state index in [4.69, 9.17) is 16.3 Å². The van der Waals surface area contributed by atoms with Gasteiger partial charge in [-0.15, -0.1) is 0 Å². The molecule has 1 aromatic carbocycles. The minimum Gasteiger partial charge on any atom is -0.495 e. The summed E-state index contributed by atoms with van der Waals surface area (Å²) < 4.78 is 31.6. The molecular weight excluding hydrogens is 290 g/mol. The van der Waals surface area contributed by atoms with Crippen LogP contribution in [-0.2, 0) is 10.0 Å². The highest BCUT2D eigenvalue weighted by Gasteiger charge is 2.17. The summed E-state index contributed by atoms with van der Waals surface area (Å²) >= 11 is 5.51. The van der Waals surface area contributed by atoms with Crippen molar-refractivity contribution < 1.29 is 13.2 Å². The second-order valence-corrected chi connectivity index (χ2v) is 5.51. The quantitative estimate of drug-likeness (QED) is 0.873. The van der Waals surface area contributed by atoms with E-state index in [1.54, 1.807) is 24.3 Å². The summed E-state index contributed by atoms with van der Waals surface area (Å²) in [5.74, 6) is 0.418. The maximum atomic E-state index is 12.1. The van der Waals surface area contributed by atoms with Crippen molar-refractivity contribution in [3.63, 3.8) is 0 Å². The van der Waals surface area contributed by atoms with Gasteiger partial charge in [-0.2, -0.15) is 0 Å². The second-order valence-electron chi connectivity index (χ2n) is 3.49. The average molecular weight is 300 g/mol. The number of halogens is 1. The molecule has 0 aliphatic rings. The maximum Gasteiger partial charge on any atom is 0.265 e. The molecule has 0 fully saturated rings. The van der Waals surface area contributed by atoms with E-state index >= 15 is 0 Å². The SMILES string of the molecule is COc1ccccc1NS(=O)(=O)c1cnc(Cl)nc1. The zero-order valence-electron chi connectivity index (χ0n) is 9.87. The molecule has 2 rings (SSSR count). The van der Waals surface area contributed by atoms with E-state index in [0.29, 0.717) is 11.4 Å². The number of methoxy groups -OCH3 is 1. The van der Waals surface area contributed by atoms with Crippen LogP contribution in [0.25, 0.3) is 0 Å². The number of nitrogens with zero attached hydrogens (tertiary/aromatic N) is 2. The number of para-hydroxylation sites is 2. The van der Waals surface area contributed by atoms with E-state index in [0.717, 1.165) is 12.4 Å². The van der Waals surface area contributed by atoms with Crippen LogP contribution < -0.4 is 9.46 Å². The Bertz CT molecular complexity index is 674. The van der Waals surface area contributed by atoms with Gasteiger partial charge in [0.15, 0.2) is 0 Å². The number of anilines is 1. The first kappa shape index (κ1) is 13.6. The number of nitrogens with one attached hydrogen (secondary N) is 1. The highest BCUT2D eigenvalue weighted by Crippen LogP contribution is 2.25. The lowest BCUT2D eigenvalue weighted by Crippen LogP contribution is -2.14. The molecule has 0 atom stereocenters. The second kappa shape index (κ2) is 5.41. The predicted octanol–water partition coefficient (Wildman–Crippen LogP) is 1.94. The van der Waals surface area contributed by atoms with Gasteiger partial charge >= 0.3 is 0 Å². The number of sulfonamides is 1. The Labute approximate surface area is 115 Å². The first-order valence-corrected chi connectivity index (χ1v) is 7.02. The summed E-state index contributed by atoms with van der Waals surface area (Å²) in [7, 11) is -2.32. The van der Waals surface area contributed by atoms with E-state index in [2.05, 4.69) is 14.7 Å². The van der Waals surface area contributed by atoms with Gasteiger partial charge in [-0.25, -0.2) is 18.4 Å². The first-order valence-electron chi connectivity index (χ1n) is 5.16. The van der Waals surface area contributed by atoms with E-state index in [1.165, 1.54) is 7.11 Å². The molecule has 0 saturated carbocycles. The van der Waals surface area contributed by atoms with Gasteiger partial charge in [-0.1, -0.05) is 12.1 Å². The molecule has 0 aliphatic carbocycles. The fourth-order valence-corrected chi connectivity index (χ4v) is 2.43. The molecule has 19 heavy (non-hydrogen) atoms. The first-order chi connectivity index (χ1) is 9.03. The van der Waals surface area contributed by atoms with Crippen LogP contribution in [-0.4, -0.2) is 25.5 Å². The Kier molecular flexibility index (Phi) is 3.87. The van der Waals surface area contributed by atoms with Crippen molar-refractivity contribution in [3.05, 3.63) is 41.9 Å². The van der Waals surface area contributed by atoms with Gasteiger partial charge < -0.3 is 4.74 Å². The summed E-state index contributed by atoms with van der Waals surface area (Å²) in [5, 5.41) is -0.0174. The normalized spacial score (nSPS) is 11.1. The van der Waals surface area contributed by atoms with Crippen molar-refractivity contribution in [3.8, 4) is 5.75 Å². The zero-order valence-corrected chi connectivity index (χ0v) is 11.4. The molecule has 0 unspecified atom stereocenters. The van der Waals surface area contributed by atoms with Gasteiger partial charge in [0.05, 0.1) is 25.2 Å². The molecule has 100 valence electrons. The van der Waals surface area contributed by atoms with Gasteiger partial charge in [0.25, 0.3) is 10.0 Å². The van der Waals surface area contributed by atoms with Crippen LogP contribution in [0.4, 0.5) is 5.69 Å². The summed E-state index contributed by atoms with van der Waals surface area (Å²) in [6.45, 7) is 0. The number of hydrogen-bond acceptors (Lipinski definition) is 5. The third kappa shape index (κ3) is 3.12. The lowest BCUT2D eigenvalue weighted by Gasteiger charge is -2.10. The molecule has 1 aromatic heterocycles. The minimum atomic E-state index is -3.78. The molecule has 1 heterocycles. The number of rotatable bonds is 4. The van der Waals surface area contributed by atoms with Crippen LogP contribution in [0.3, 0.4) is 0 Å². The molecule has 2 aromatic rings. The van der Waals surface area contributed by atoms with E-state index in [9.17, 15) is 8.42 Å². The van der Waals surface area contributed by atoms with Gasteiger partial charge in [-0.05, 0) is 23.7 Å². The fraction of sp³-hybridized carbons (Fsp3) is 0.0909. The van der Waals surface area contributed by atoms with Crippen molar-refractivity contribution in [2.75, 3.05) is 11.8 Å². The number of hydrogen-bond donors (Lipinski definition) is 1. The number of aromatic nitrogens is 2. The fourth-order valence-electron chi connectivity index (χ4n) is 1.37. The highest BCUT2D eigenvalue weighted by molar-refractivity contribution is 7.92. The molecule has 0 spiro atoms. The maximum absolute atomic E-state index is 12.1. The van der Waals surface area contributed by atoms with Crippen molar-refractivity contribution >= 4 is 27.3 Å². The number of benzene rings is 1. The van der Waals surface area contributed by atoms with Crippen molar-refractivity contribution in [1.82, 2.24) is 9.97 Å². The van der Waals surface area contributed by atoms with Crippen LogP contribution in [0.15, 0.2) is 41.6 Å². The van der Waals surface area contributed by atoms with Crippen LogP contribution in [0, 0.1) is 0 Å². The Morgan fingerprint density at radius 2 is 1.84 bits per heavy atom. The van der Waals surface area contributed by atoms with Gasteiger partial charge in [-0.3, -0.25) is 4.72 Å². The Morgan fingerprint density at radius 1 is 1.21 bits per heavy atom. The topological polar surface area (TPSA) is 81.2 Å². The molecule has 0 aliphatic heterocycles. The Morgan fingerprint density at radius 3 is 2.47 bits per heavy atom. The van der Waals surface area contributed by atoms with Crippen LogP contribution >= 0.6 is 11.6 Å². The monoisotopic (exact) mass is 299 g/mol. The van der Waals surface area contributed by atoms with E-state index < -0.39 is 10.0 Å². The zero-order chi connectivity index (χ0) is 13.9. The standard InChI is InChI=1S/C11H10ClN3O3S/c1-18-10-5-3-2-4-9(10)15-19(16,17)8-6-13-11(12)14-7-8/h2-7,15H,1H3. The summed E-state index contributed by atoms with van der Waals surface area (Å²) in [6.07, 6.45) is 2.26. The van der Waals surface area contributed by atoms with Crippen molar-refractivity contribution in [1.29, 1.82) is 0 Å². The molecule has 1 N–H and O–H groups in total. The molecule has 0 amide bonds.